The summed E-state index contributed by atoms with van der Waals surface area (Å²) in [7, 11) is 8.22. The largest absolute Gasteiger partial charge is 0.345 e. The third-order valence-corrected chi connectivity index (χ3v) is 13.8. The summed E-state index contributed by atoms with van der Waals surface area (Å²) < 4.78 is 9.37. The fourth-order valence-corrected chi connectivity index (χ4v) is 11.1. The number of hydrogen-bond acceptors (Lipinski definition) is 5. The summed E-state index contributed by atoms with van der Waals surface area (Å²) in [6.45, 7) is 1.78. The molecule has 6 nitrogen and oxygen atoms in total. The van der Waals surface area contributed by atoms with Gasteiger partial charge in [-0.15, -0.1) is 52.3 Å². The van der Waals surface area contributed by atoms with Crippen LogP contribution in [-0.4, -0.2) is 11.4 Å². The van der Waals surface area contributed by atoms with Gasteiger partial charge in [0.05, 0.1) is 44.3 Å². The van der Waals surface area contributed by atoms with Gasteiger partial charge < -0.3 is 0 Å². The molecule has 0 N–H and O–H groups in total. The van der Waals surface area contributed by atoms with E-state index in [1.807, 2.05) is 11.3 Å². The van der Waals surface area contributed by atoms with Crippen molar-refractivity contribution in [3.8, 4) is 9.75 Å². The second kappa shape index (κ2) is 14.0. The molecule has 13 rings (SSSR count). The van der Waals surface area contributed by atoms with E-state index in [1.54, 1.807) is 22.7 Å². The third kappa shape index (κ3) is 5.39. The maximum Gasteiger partial charge on any atom is 0.345 e. The minimum atomic E-state index is 0. The van der Waals surface area contributed by atoms with Crippen LogP contribution in [0.2, 0.25) is 0 Å². The molecule has 0 saturated heterocycles. The Morgan fingerprint density at radius 2 is 0.873 bits per heavy atom. The maximum atomic E-state index is 5.17. The Labute approximate surface area is 340 Å². The molecule has 0 unspecified atom stereocenters. The van der Waals surface area contributed by atoms with Crippen molar-refractivity contribution in [3.05, 3.63) is 141 Å². The highest BCUT2D eigenvalue weighted by Crippen LogP contribution is 2.43. The Morgan fingerprint density at radius 3 is 1.35 bits per heavy atom. The van der Waals surface area contributed by atoms with Crippen LogP contribution in [0.3, 0.4) is 0 Å². The first-order valence-electron chi connectivity index (χ1n) is 17.3. The van der Waals surface area contributed by atoms with Crippen molar-refractivity contribution < 1.29 is 18.3 Å². The molecule has 0 aliphatic carbocycles. The second-order valence-electron chi connectivity index (χ2n) is 13.5. The minimum absolute atomic E-state index is 0. The Bertz CT molecular complexity index is 3040. The summed E-state index contributed by atoms with van der Waals surface area (Å²) in [5.41, 5.74) is 12.8. The predicted molar refractivity (Wildman–Crippen MR) is 231 cm³/mol. The first-order valence-corrected chi connectivity index (χ1v) is 21.0. The van der Waals surface area contributed by atoms with Crippen LogP contribution in [0.5, 0.6) is 0 Å². The van der Waals surface area contributed by atoms with Crippen molar-refractivity contribution in [1.82, 2.24) is 0 Å². The predicted octanol–water partition coefficient (Wildman–Crippen LogP) is 10.6. The average Bonchev–Trinajstić information content (AvgIpc) is 4.05. The number of fused-ring (bicyclic) bond motifs is 6. The number of thiophene rings is 3. The first kappa shape index (κ1) is 35.8. The summed E-state index contributed by atoms with van der Waals surface area (Å²) in [6.07, 6.45) is 10.5. The molecule has 4 aliphatic heterocycles. The third-order valence-electron chi connectivity index (χ3n) is 10.7. The molecule has 2 aromatic carbocycles. The van der Waals surface area contributed by atoms with E-state index in [0.29, 0.717) is 0 Å². The van der Waals surface area contributed by atoms with Gasteiger partial charge in [0.2, 0.25) is 0 Å². The molecular formula is C44H36Cl2N6S3+4. The lowest BCUT2D eigenvalue weighted by Gasteiger charge is -2.01. The summed E-state index contributed by atoms with van der Waals surface area (Å²) in [4.78, 5) is 15.4. The van der Waals surface area contributed by atoms with Crippen LogP contribution in [0.15, 0.2) is 130 Å². The molecular weight excluding hydrogens is 780 g/mol. The van der Waals surface area contributed by atoms with E-state index in [0.717, 1.165) is 31.9 Å². The number of halogens is 2. The molecule has 0 amide bonds. The topological polar surface area (TPSA) is 40.2 Å². The lowest BCUT2D eigenvalue weighted by molar-refractivity contribution is -0.872. The number of aliphatic imine (C=N–C) groups is 2. The SMILES string of the molecule is C.C.ClCl.c1csc(-c2ccc(C3=Nc4c(c5ccc[n+]6c5c5c4ccc[n+]5C6)C3)s2)c1.c1csc(C2=Nc3c(c4ccc[n+]5c4c4c3ccc[n+]4C5)C2)c1. The number of aromatic nitrogens is 4. The Morgan fingerprint density at radius 1 is 0.455 bits per heavy atom. The highest BCUT2D eigenvalue weighted by molar-refractivity contribution is 7.22. The zero-order valence-corrected chi connectivity index (χ0v) is 32.0. The maximum absolute atomic E-state index is 5.17. The van der Waals surface area contributed by atoms with Crippen LogP contribution in [0.25, 0.3) is 53.4 Å². The number of benzene rings is 2. The van der Waals surface area contributed by atoms with E-state index >= 15 is 0 Å². The van der Waals surface area contributed by atoms with E-state index in [-0.39, 0.29) is 14.9 Å². The normalized spacial score (nSPS) is 13.6. The van der Waals surface area contributed by atoms with E-state index in [1.165, 1.54) is 91.4 Å². The van der Waals surface area contributed by atoms with Gasteiger partial charge in [0, 0.05) is 78.3 Å². The zero-order valence-electron chi connectivity index (χ0n) is 28.0. The van der Waals surface area contributed by atoms with Crippen molar-refractivity contribution >= 4 is 122 Å². The van der Waals surface area contributed by atoms with Gasteiger partial charge in [-0.05, 0) is 70.4 Å². The quantitative estimate of drug-likeness (QED) is 0.126. The number of rotatable bonds is 3. The second-order valence-corrected chi connectivity index (χ2v) is 16.5. The number of hydrogen-bond donors (Lipinski definition) is 0. The lowest BCUT2D eigenvalue weighted by Crippen LogP contribution is -2.45. The lowest BCUT2D eigenvalue weighted by atomic mass is 9.99. The molecule has 0 radical (unpaired) electrons. The molecule has 0 fully saturated rings. The number of pyridine rings is 4. The zero-order chi connectivity index (χ0) is 35.2. The van der Waals surface area contributed by atoms with Gasteiger partial charge in [0.15, 0.2) is 24.8 Å². The first-order chi connectivity index (χ1) is 26.3. The van der Waals surface area contributed by atoms with Gasteiger partial charge in [0.25, 0.3) is 22.1 Å². The summed E-state index contributed by atoms with van der Waals surface area (Å²) in [5.74, 6) is 0. The Hall–Kier alpha value is -4.90. The Kier molecular flexibility index (Phi) is 9.10. The van der Waals surface area contributed by atoms with E-state index in [2.05, 4.69) is 160 Å². The van der Waals surface area contributed by atoms with Crippen molar-refractivity contribution in [2.75, 3.05) is 0 Å². The molecule has 55 heavy (non-hydrogen) atoms. The minimum Gasteiger partial charge on any atom is -0.250 e. The van der Waals surface area contributed by atoms with Crippen molar-refractivity contribution in [2.45, 2.75) is 41.0 Å². The molecule has 0 atom stereocenters. The Balaban J connectivity index is 0.000000136. The highest BCUT2D eigenvalue weighted by Gasteiger charge is 2.37. The molecule has 7 aromatic heterocycles. The van der Waals surface area contributed by atoms with Crippen LogP contribution in [0.4, 0.5) is 11.4 Å². The van der Waals surface area contributed by atoms with Gasteiger partial charge in [-0.1, -0.05) is 27.0 Å². The van der Waals surface area contributed by atoms with E-state index < -0.39 is 0 Å². The smallest absolute Gasteiger partial charge is 0.250 e. The fourth-order valence-electron chi connectivity index (χ4n) is 8.58. The van der Waals surface area contributed by atoms with Crippen LogP contribution in [0, 0.1) is 0 Å². The van der Waals surface area contributed by atoms with E-state index in [9.17, 15) is 0 Å². The fraction of sp³-hybridized carbons (Fsp3) is 0.136. The van der Waals surface area contributed by atoms with Crippen molar-refractivity contribution in [3.63, 3.8) is 0 Å². The molecule has 9 aromatic rings. The highest BCUT2D eigenvalue weighted by atomic mass is 36.5. The molecule has 0 bridgehead atoms. The molecule has 11 heteroatoms. The molecule has 0 saturated carbocycles. The van der Waals surface area contributed by atoms with Gasteiger partial charge in [-0.25, -0.2) is 0 Å². The van der Waals surface area contributed by atoms with Crippen LogP contribution in [0.1, 0.15) is 35.7 Å². The standard InChI is InChI=1S/C23H15N3S2.C19H13N3S.2CH4.Cl2/c1-4-14-16-12-17(18-7-8-20(28-18)19-6-3-11-27-19)24-21(16)15-5-2-10-26-13-25(9-1)22(14)23(15)26;1-4-12-14-10-15(16-6-3-9-23-16)20-17(14)13-5-2-8-22-11-21(7-1)18(12)19(13)22;;;1-2/h1-11H,12-13H2;1-9H,10-11H2;2*1H4;/q2*+2;;;. The summed E-state index contributed by atoms with van der Waals surface area (Å²) in [5, 5.41) is 9.51. The molecule has 0 spiro atoms. The summed E-state index contributed by atoms with van der Waals surface area (Å²) >= 11 is 5.42. The van der Waals surface area contributed by atoms with Crippen molar-refractivity contribution in [2.24, 2.45) is 9.98 Å². The van der Waals surface area contributed by atoms with Crippen LogP contribution in [-0.2, 0) is 26.2 Å². The molecule has 4 aliphatic rings. The van der Waals surface area contributed by atoms with Crippen LogP contribution < -0.4 is 18.3 Å². The van der Waals surface area contributed by atoms with Gasteiger partial charge in [0.1, 0.15) is 0 Å². The molecule has 270 valence electrons. The molecule has 11 heterocycles. The number of nitrogens with zero attached hydrogens (tertiary/aromatic N) is 6. The average molecular weight is 816 g/mol. The summed E-state index contributed by atoms with van der Waals surface area (Å²) in [6, 6.07) is 30.6. The monoisotopic (exact) mass is 814 g/mol. The van der Waals surface area contributed by atoms with Gasteiger partial charge >= 0.3 is 13.3 Å². The van der Waals surface area contributed by atoms with E-state index in [4.69, 9.17) is 9.98 Å². The van der Waals surface area contributed by atoms with Crippen LogP contribution >= 0.6 is 55.7 Å². The van der Waals surface area contributed by atoms with Gasteiger partial charge in [-0.3, -0.25) is 9.98 Å². The van der Waals surface area contributed by atoms with Gasteiger partial charge in [-0.2, -0.15) is 0 Å². The van der Waals surface area contributed by atoms with Crippen molar-refractivity contribution in [1.29, 1.82) is 0 Å².